The summed E-state index contributed by atoms with van der Waals surface area (Å²) in [6.07, 6.45) is 3.23. The summed E-state index contributed by atoms with van der Waals surface area (Å²) in [5, 5.41) is 3.99. The Hall–Kier alpha value is -0.110. The zero-order valence-electron chi connectivity index (χ0n) is 10.2. The van der Waals surface area contributed by atoms with Gasteiger partial charge in [0.2, 0.25) is 0 Å². The van der Waals surface area contributed by atoms with Crippen LogP contribution in [0.2, 0.25) is 0 Å². The van der Waals surface area contributed by atoms with Crippen LogP contribution in [0.3, 0.4) is 0 Å². The van der Waals surface area contributed by atoms with E-state index < -0.39 is 0 Å². The second-order valence-corrected chi connectivity index (χ2v) is 4.03. The minimum atomic E-state index is 0.528. The summed E-state index contributed by atoms with van der Waals surface area (Å²) in [7, 11) is 0. The van der Waals surface area contributed by atoms with Gasteiger partial charge in [-0.2, -0.15) is 0 Å². The van der Waals surface area contributed by atoms with E-state index in [1.54, 1.807) is 0 Å². The summed E-state index contributed by atoms with van der Waals surface area (Å²) in [5.41, 5.74) is 2.78. The van der Waals surface area contributed by atoms with Crippen molar-refractivity contribution < 1.29 is 0 Å². The van der Waals surface area contributed by atoms with E-state index in [1.165, 1.54) is 11.3 Å². The minimum absolute atomic E-state index is 0.528. The van der Waals surface area contributed by atoms with Crippen molar-refractivity contribution in [3.63, 3.8) is 0 Å². The average molecular weight is 203 g/mol. The van der Waals surface area contributed by atoms with Gasteiger partial charge in [0.25, 0.3) is 0 Å². The third-order valence-corrected chi connectivity index (χ3v) is 2.51. The van der Waals surface area contributed by atoms with Gasteiger partial charge in [-0.15, -0.1) is 11.8 Å². The lowest BCUT2D eigenvalue weighted by molar-refractivity contribution is 0.752. The van der Waals surface area contributed by atoms with Gasteiger partial charge in [0.1, 0.15) is 0 Å². The van der Waals surface area contributed by atoms with Crippen LogP contribution in [0, 0.1) is 0 Å². The van der Waals surface area contributed by atoms with Crippen LogP contribution >= 0.6 is 11.8 Å². The van der Waals surface area contributed by atoms with Gasteiger partial charge in [0.15, 0.2) is 0 Å². The quantitative estimate of drug-likeness (QED) is 0.693. The molecule has 0 aliphatic rings. The van der Waals surface area contributed by atoms with Gasteiger partial charge in [-0.1, -0.05) is 26.3 Å². The molecule has 0 heterocycles. The topological polar surface area (TPSA) is 12.0 Å². The molecule has 0 aromatic heterocycles. The monoisotopic (exact) mass is 203 g/mol. The van der Waals surface area contributed by atoms with Crippen LogP contribution in [-0.2, 0) is 0 Å². The Kier molecular flexibility index (Phi) is 11.8. The highest BCUT2D eigenvalue weighted by Crippen LogP contribution is 2.09. The maximum absolute atomic E-state index is 3.46. The van der Waals surface area contributed by atoms with E-state index in [4.69, 9.17) is 0 Å². The molecule has 2 heteroatoms. The molecule has 0 fully saturated rings. The zero-order valence-corrected chi connectivity index (χ0v) is 11.0. The molecule has 0 aliphatic carbocycles. The van der Waals surface area contributed by atoms with Crippen LogP contribution in [0.15, 0.2) is 11.3 Å². The third-order valence-electron chi connectivity index (χ3n) is 1.69. The normalized spacial score (nSPS) is 11.0. The maximum Gasteiger partial charge on any atom is 0.0688 e. The number of nitrogens with one attached hydrogen (secondary N) is 1. The largest absolute Gasteiger partial charge is 0.377 e. The molecule has 0 radical (unpaired) electrons. The fourth-order valence-corrected chi connectivity index (χ4v) is 1.16. The molecule has 13 heavy (non-hydrogen) atoms. The van der Waals surface area contributed by atoms with Crippen LogP contribution in [0.4, 0.5) is 0 Å². The summed E-state index contributed by atoms with van der Waals surface area (Å²) in [6.45, 7) is 12.7. The van der Waals surface area contributed by atoms with Crippen molar-refractivity contribution in [2.75, 3.05) is 6.26 Å². The SMILES string of the molecule is CC.CCC(NC(C)SC)=C(C)C. The lowest BCUT2D eigenvalue weighted by Gasteiger charge is -2.16. The number of allylic oxidation sites excluding steroid dienone is 2. The van der Waals surface area contributed by atoms with Crippen molar-refractivity contribution in [3.8, 4) is 0 Å². The Morgan fingerprint density at radius 3 is 2.00 bits per heavy atom. The standard InChI is InChI=1S/C9H19NS.C2H6/c1-6-9(7(2)3)10-8(4)11-5;1-2/h8,10H,6H2,1-5H3;1-2H3. The second kappa shape index (κ2) is 9.97. The van der Waals surface area contributed by atoms with Crippen molar-refractivity contribution in [2.24, 2.45) is 0 Å². The van der Waals surface area contributed by atoms with Crippen molar-refractivity contribution in [1.82, 2.24) is 5.32 Å². The highest BCUT2D eigenvalue weighted by molar-refractivity contribution is 7.99. The van der Waals surface area contributed by atoms with E-state index in [0.29, 0.717) is 5.37 Å². The fourth-order valence-electron chi connectivity index (χ4n) is 0.904. The summed E-state index contributed by atoms with van der Waals surface area (Å²) in [4.78, 5) is 0. The van der Waals surface area contributed by atoms with Crippen LogP contribution in [0.5, 0.6) is 0 Å². The Morgan fingerprint density at radius 2 is 1.77 bits per heavy atom. The summed E-state index contributed by atoms with van der Waals surface area (Å²) >= 11 is 1.84. The minimum Gasteiger partial charge on any atom is -0.377 e. The van der Waals surface area contributed by atoms with E-state index in [9.17, 15) is 0 Å². The van der Waals surface area contributed by atoms with Gasteiger partial charge >= 0.3 is 0 Å². The number of rotatable bonds is 4. The summed E-state index contributed by atoms with van der Waals surface area (Å²) < 4.78 is 0. The number of hydrogen-bond donors (Lipinski definition) is 1. The predicted molar refractivity (Wildman–Crippen MR) is 66.1 cm³/mol. The Morgan fingerprint density at radius 1 is 1.31 bits per heavy atom. The first kappa shape index (κ1) is 15.4. The van der Waals surface area contributed by atoms with Crippen LogP contribution in [-0.4, -0.2) is 11.6 Å². The van der Waals surface area contributed by atoms with Gasteiger partial charge in [-0.3, -0.25) is 0 Å². The Bertz CT molecular complexity index is 137. The van der Waals surface area contributed by atoms with Crippen LogP contribution in [0.1, 0.15) is 48.0 Å². The third kappa shape index (κ3) is 8.23. The van der Waals surface area contributed by atoms with Crippen LogP contribution < -0.4 is 5.32 Å². The molecular formula is C11H25NS. The van der Waals surface area contributed by atoms with Crippen molar-refractivity contribution in [2.45, 2.75) is 53.3 Å². The predicted octanol–water partition coefficient (Wildman–Crippen LogP) is 4.02. The Labute approximate surface area is 88.4 Å². The molecular weight excluding hydrogens is 178 g/mol. The molecule has 1 unspecified atom stereocenters. The van der Waals surface area contributed by atoms with Gasteiger partial charge in [0, 0.05) is 5.70 Å². The first-order valence-electron chi connectivity index (χ1n) is 5.07. The van der Waals surface area contributed by atoms with Gasteiger partial charge < -0.3 is 5.32 Å². The van der Waals surface area contributed by atoms with E-state index in [-0.39, 0.29) is 0 Å². The molecule has 0 aromatic carbocycles. The molecule has 0 aromatic rings. The molecule has 0 spiro atoms. The molecule has 0 amide bonds. The van der Waals surface area contributed by atoms with Crippen molar-refractivity contribution in [3.05, 3.63) is 11.3 Å². The highest BCUT2D eigenvalue weighted by atomic mass is 32.2. The molecule has 0 bridgehead atoms. The van der Waals surface area contributed by atoms with E-state index in [1.807, 2.05) is 25.6 Å². The van der Waals surface area contributed by atoms with E-state index >= 15 is 0 Å². The van der Waals surface area contributed by atoms with E-state index in [0.717, 1.165) is 6.42 Å². The lowest BCUT2D eigenvalue weighted by Crippen LogP contribution is -2.22. The highest BCUT2D eigenvalue weighted by Gasteiger charge is 2.00. The van der Waals surface area contributed by atoms with Gasteiger partial charge in [0.05, 0.1) is 5.37 Å². The molecule has 0 saturated heterocycles. The lowest BCUT2D eigenvalue weighted by atomic mass is 10.2. The Balaban J connectivity index is 0. The zero-order chi connectivity index (χ0) is 10.9. The van der Waals surface area contributed by atoms with Crippen molar-refractivity contribution >= 4 is 11.8 Å². The molecule has 80 valence electrons. The smallest absolute Gasteiger partial charge is 0.0688 e. The fraction of sp³-hybridized carbons (Fsp3) is 0.818. The molecule has 1 atom stereocenters. The number of hydrogen-bond acceptors (Lipinski definition) is 2. The van der Waals surface area contributed by atoms with Gasteiger partial charge in [-0.25, -0.2) is 0 Å². The average Bonchev–Trinajstić information content (AvgIpc) is 2.16. The molecule has 1 nitrogen and oxygen atoms in total. The van der Waals surface area contributed by atoms with Gasteiger partial charge in [-0.05, 0) is 33.4 Å². The van der Waals surface area contributed by atoms with Crippen molar-refractivity contribution in [1.29, 1.82) is 0 Å². The summed E-state index contributed by atoms with van der Waals surface area (Å²) in [5.74, 6) is 0. The number of thioether (sulfide) groups is 1. The first-order chi connectivity index (χ1) is 6.11. The molecule has 0 aliphatic heterocycles. The summed E-state index contributed by atoms with van der Waals surface area (Å²) in [6, 6.07) is 0. The first-order valence-corrected chi connectivity index (χ1v) is 6.36. The maximum atomic E-state index is 3.46. The van der Waals surface area contributed by atoms with Crippen LogP contribution in [0.25, 0.3) is 0 Å². The molecule has 0 rings (SSSR count). The second-order valence-electron chi connectivity index (χ2n) is 2.85. The molecule has 0 saturated carbocycles. The molecule has 1 N–H and O–H groups in total. The van der Waals surface area contributed by atoms with E-state index in [2.05, 4.69) is 39.3 Å².